The molecule has 0 spiro atoms. The van der Waals surface area contributed by atoms with Gasteiger partial charge in [-0.1, -0.05) is 17.7 Å². The van der Waals surface area contributed by atoms with E-state index in [2.05, 4.69) is 15.6 Å². The van der Waals surface area contributed by atoms with Gasteiger partial charge in [0.1, 0.15) is 5.69 Å². The van der Waals surface area contributed by atoms with Crippen molar-refractivity contribution in [3.8, 4) is 0 Å². The second-order valence-electron chi connectivity index (χ2n) is 3.34. The molecule has 3 nitrogen and oxygen atoms in total. The number of benzene rings is 1. The van der Waals surface area contributed by atoms with Crippen LogP contribution in [0.25, 0.3) is 0 Å². The van der Waals surface area contributed by atoms with Crippen LogP contribution in [0.1, 0.15) is 5.56 Å². The first kappa shape index (κ1) is 9.34. The minimum atomic E-state index is 0.744. The number of hydrogen-bond donors (Lipinski definition) is 3. The van der Waals surface area contributed by atoms with Gasteiger partial charge >= 0.3 is 5.96 Å². The number of anilines is 1. The van der Waals surface area contributed by atoms with E-state index in [4.69, 9.17) is 11.6 Å². The molecular weight excluding hydrogens is 198 g/mol. The molecule has 0 bridgehead atoms. The number of hydrogen-bond acceptors (Lipinski definition) is 2. The van der Waals surface area contributed by atoms with Crippen LogP contribution in [0.5, 0.6) is 0 Å². The Balaban J connectivity index is 2.16. The van der Waals surface area contributed by atoms with Gasteiger partial charge in [-0.15, -0.1) is 0 Å². The maximum Gasteiger partial charge on any atom is 0.348 e. The first-order chi connectivity index (χ1) is 6.75. The smallest absolute Gasteiger partial charge is 0.275 e. The molecule has 3 N–H and O–H groups in total. The number of nitrogens with one attached hydrogen (secondary N) is 3. The van der Waals surface area contributed by atoms with Crippen molar-refractivity contribution in [2.24, 2.45) is 0 Å². The highest BCUT2D eigenvalue weighted by atomic mass is 35.5. The van der Waals surface area contributed by atoms with E-state index < -0.39 is 0 Å². The normalized spacial score (nSPS) is 14.9. The Labute approximate surface area is 88.2 Å². The van der Waals surface area contributed by atoms with Crippen LogP contribution in [0, 0.1) is 6.92 Å². The molecule has 74 valence electrons. The van der Waals surface area contributed by atoms with Crippen LogP contribution < -0.4 is 15.6 Å². The third-order valence-electron chi connectivity index (χ3n) is 2.11. The highest BCUT2D eigenvalue weighted by Gasteiger charge is 2.13. The van der Waals surface area contributed by atoms with Crippen LogP contribution in [0.2, 0.25) is 5.02 Å². The van der Waals surface area contributed by atoms with Crippen molar-refractivity contribution in [2.45, 2.75) is 6.92 Å². The molecule has 0 saturated carbocycles. The van der Waals surface area contributed by atoms with Gasteiger partial charge in [0.05, 0.1) is 18.1 Å². The van der Waals surface area contributed by atoms with Crippen LogP contribution in [0.3, 0.4) is 0 Å². The zero-order valence-corrected chi connectivity index (χ0v) is 8.78. The molecule has 1 aliphatic heterocycles. The van der Waals surface area contributed by atoms with Crippen LogP contribution in [0.4, 0.5) is 5.69 Å². The summed E-state index contributed by atoms with van der Waals surface area (Å²) < 4.78 is 0. The highest BCUT2D eigenvalue weighted by Crippen LogP contribution is 2.22. The molecule has 1 heterocycles. The van der Waals surface area contributed by atoms with Gasteiger partial charge in [0, 0.05) is 0 Å². The van der Waals surface area contributed by atoms with Gasteiger partial charge in [0.25, 0.3) is 0 Å². The van der Waals surface area contributed by atoms with Crippen LogP contribution in [-0.4, -0.2) is 19.0 Å². The standard InChI is InChI=1S/C10H12ClN3/c1-7-2-3-9(8(11)6-7)14-10-12-4-5-13-10/h2-3,6H,4-5H2,1H3,(H2,12,13,14)/p+1. The summed E-state index contributed by atoms with van der Waals surface area (Å²) in [6.07, 6.45) is 0. The van der Waals surface area contributed by atoms with Crippen molar-refractivity contribution >= 4 is 23.2 Å². The zero-order chi connectivity index (χ0) is 9.97. The Morgan fingerprint density at radius 2 is 2.36 bits per heavy atom. The quantitative estimate of drug-likeness (QED) is 0.615. The summed E-state index contributed by atoms with van der Waals surface area (Å²) in [5.74, 6) is 0.927. The number of guanidine groups is 1. The molecule has 0 fully saturated rings. The SMILES string of the molecule is Cc1ccc(NC2=[NH+]CCN2)c(Cl)c1. The third-order valence-corrected chi connectivity index (χ3v) is 2.43. The van der Waals surface area contributed by atoms with Crippen molar-refractivity contribution < 1.29 is 4.99 Å². The fraction of sp³-hybridized carbons (Fsp3) is 0.300. The summed E-state index contributed by atoms with van der Waals surface area (Å²) in [6.45, 7) is 3.92. The van der Waals surface area contributed by atoms with E-state index in [-0.39, 0.29) is 0 Å². The summed E-state index contributed by atoms with van der Waals surface area (Å²) in [5.41, 5.74) is 2.09. The van der Waals surface area contributed by atoms with Crippen molar-refractivity contribution in [3.63, 3.8) is 0 Å². The van der Waals surface area contributed by atoms with Gasteiger partial charge in [-0.25, -0.2) is 5.32 Å². The van der Waals surface area contributed by atoms with E-state index in [9.17, 15) is 0 Å². The lowest BCUT2D eigenvalue weighted by Gasteiger charge is -2.02. The van der Waals surface area contributed by atoms with Gasteiger partial charge < -0.3 is 0 Å². The maximum atomic E-state index is 6.08. The summed E-state index contributed by atoms with van der Waals surface area (Å²) in [4.78, 5) is 3.18. The van der Waals surface area contributed by atoms with Crippen molar-refractivity contribution in [1.29, 1.82) is 0 Å². The van der Waals surface area contributed by atoms with E-state index in [0.717, 1.165) is 35.3 Å². The van der Waals surface area contributed by atoms with Crippen molar-refractivity contribution in [2.75, 3.05) is 18.4 Å². The van der Waals surface area contributed by atoms with Gasteiger partial charge in [0.2, 0.25) is 0 Å². The molecule has 0 unspecified atom stereocenters. The molecule has 0 aromatic heterocycles. The first-order valence-corrected chi connectivity index (χ1v) is 5.01. The number of rotatable bonds is 1. The molecule has 0 amide bonds. The molecule has 1 aliphatic rings. The molecule has 1 aromatic rings. The van der Waals surface area contributed by atoms with Crippen molar-refractivity contribution in [1.82, 2.24) is 5.32 Å². The monoisotopic (exact) mass is 210 g/mol. The highest BCUT2D eigenvalue weighted by molar-refractivity contribution is 6.33. The second kappa shape index (κ2) is 3.88. The molecule has 0 aliphatic carbocycles. The Kier molecular flexibility index (Phi) is 2.59. The van der Waals surface area contributed by atoms with Crippen molar-refractivity contribution in [3.05, 3.63) is 28.8 Å². The molecule has 2 rings (SSSR count). The largest absolute Gasteiger partial charge is 0.348 e. The minimum Gasteiger partial charge on any atom is -0.275 e. The Bertz CT molecular complexity index is 374. The lowest BCUT2D eigenvalue weighted by molar-refractivity contribution is -0.444. The Hall–Kier alpha value is -1.22. The average molecular weight is 211 g/mol. The zero-order valence-electron chi connectivity index (χ0n) is 8.02. The van der Waals surface area contributed by atoms with Gasteiger partial charge in [-0.2, -0.15) is 0 Å². The summed E-state index contributed by atoms with van der Waals surface area (Å²) in [6, 6.07) is 5.95. The lowest BCUT2D eigenvalue weighted by Crippen LogP contribution is -2.72. The Morgan fingerprint density at radius 1 is 1.50 bits per heavy atom. The van der Waals surface area contributed by atoms with E-state index in [1.165, 1.54) is 0 Å². The van der Waals surface area contributed by atoms with E-state index >= 15 is 0 Å². The second-order valence-corrected chi connectivity index (χ2v) is 3.74. The number of halogens is 1. The van der Waals surface area contributed by atoms with Crippen LogP contribution in [0.15, 0.2) is 18.2 Å². The van der Waals surface area contributed by atoms with Gasteiger partial charge in [-0.05, 0) is 24.6 Å². The Morgan fingerprint density at radius 3 is 3.00 bits per heavy atom. The summed E-state index contributed by atoms with van der Waals surface area (Å²) in [5, 5.41) is 7.13. The number of aryl methyl sites for hydroxylation is 1. The van der Waals surface area contributed by atoms with Crippen LogP contribution in [-0.2, 0) is 0 Å². The van der Waals surface area contributed by atoms with Gasteiger partial charge in [-0.3, -0.25) is 10.3 Å². The van der Waals surface area contributed by atoms with E-state index in [1.807, 2.05) is 25.1 Å². The van der Waals surface area contributed by atoms with Crippen LogP contribution >= 0.6 is 11.6 Å². The molecule has 0 saturated heterocycles. The summed E-state index contributed by atoms with van der Waals surface area (Å²) in [7, 11) is 0. The molecular formula is C10H13ClN3+. The molecule has 0 radical (unpaired) electrons. The molecule has 0 atom stereocenters. The topological polar surface area (TPSA) is 38.0 Å². The fourth-order valence-corrected chi connectivity index (χ4v) is 1.66. The van der Waals surface area contributed by atoms with Gasteiger partial charge in [0.15, 0.2) is 0 Å². The first-order valence-electron chi connectivity index (χ1n) is 4.63. The molecule has 4 heteroatoms. The maximum absolute atomic E-state index is 6.08. The lowest BCUT2D eigenvalue weighted by atomic mass is 10.2. The van der Waals surface area contributed by atoms with E-state index in [1.54, 1.807) is 0 Å². The molecule has 1 aromatic carbocycles. The third kappa shape index (κ3) is 1.99. The predicted molar refractivity (Wildman–Crippen MR) is 58.7 cm³/mol. The molecule has 14 heavy (non-hydrogen) atoms. The average Bonchev–Trinajstić information content (AvgIpc) is 2.62. The minimum absolute atomic E-state index is 0.744. The summed E-state index contributed by atoms with van der Waals surface area (Å²) >= 11 is 6.08. The fourth-order valence-electron chi connectivity index (χ4n) is 1.38. The predicted octanol–water partition coefficient (Wildman–Crippen LogP) is 0.100. The van der Waals surface area contributed by atoms with E-state index in [0.29, 0.717) is 0 Å².